The summed E-state index contributed by atoms with van der Waals surface area (Å²) in [5, 5.41) is 10.1. The number of aryl methyl sites for hydroxylation is 2. The average molecular weight is 221 g/mol. The maximum atomic E-state index is 10.1. The molecule has 2 nitrogen and oxygen atoms in total. The van der Waals surface area contributed by atoms with E-state index in [1.165, 1.54) is 5.56 Å². The molecule has 1 heterocycles. The van der Waals surface area contributed by atoms with Gasteiger partial charge in [0.15, 0.2) is 0 Å². The Morgan fingerprint density at radius 1 is 1.44 bits per heavy atom. The van der Waals surface area contributed by atoms with E-state index >= 15 is 0 Å². The van der Waals surface area contributed by atoms with E-state index in [4.69, 9.17) is 0 Å². The first kappa shape index (κ1) is 13.2. The predicted molar refractivity (Wildman–Crippen MR) is 67.4 cm³/mol. The summed E-state index contributed by atoms with van der Waals surface area (Å²) in [6.45, 7) is 8.14. The molecule has 0 radical (unpaired) electrons. The van der Waals surface area contributed by atoms with Crippen molar-refractivity contribution >= 4 is 0 Å². The van der Waals surface area contributed by atoms with Gasteiger partial charge in [0.25, 0.3) is 0 Å². The molecule has 0 aromatic carbocycles. The molecule has 0 saturated heterocycles. The number of rotatable bonds is 1. The number of aromatic nitrogens is 1. The maximum absolute atomic E-state index is 10.1. The molecule has 16 heavy (non-hydrogen) atoms. The number of pyridine rings is 1. The highest BCUT2D eigenvalue weighted by Gasteiger charge is 2.26. The predicted octanol–water partition coefficient (Wildman–Crippen LogP) is 3.42. The minimum Gasteiger partial charge on any atom is -0.388 e. The lowest BCUT2D eigenvalue weighted by atomic mass is 9.81. The van der Waals surface area contributed by atoms with Crippen molar-refractivity contribution in [1.29, 1.82) is 0 Å². The van der Waals surface area contributed by atoms with Gasteiger partial charge in [-0.3, -0.25) is 4.98 Å². The van der Waals surface area contributed by atoms with Crippen LogP contribution in [-0.2, 0) is 6.42 Å². The van der Waals surface area contributed by atoms with Gasteiger partial charge < -0.3 is 5.11 Å². The zero-order valence-corrected chi connectivity index (χ0v) is 10.8. The number of hydrogen-bond acceptors (Lipinski definition) is 2. The number of aliphatic hydroxyl groups is 1. The smallest absolute Gasteiger partial charge is 0.0835 e. The molecule has 0 fully saturated rings. The van der Waals surface area contributed by atoms with Crippen LogP contribution in [0.15, 0.2) is 12.3 Å². The number of nitrogens with zero attached hydrogens (tertiary/aromatic N) is 1. The van der Waals surface area contributed by atoms with Crippen molar-refractivity contribution in [1.82, 2.24) is 4.98 Å². The van der Waals surface area contributed by atoms with Gasteiger partial charge in [0.05, 0.1) is 6.10 Å². The van der Waals surface area contributed by atoms with Crippen LogP contribution in [0.4, 0.5) is 0 Å². The third-order valence-corrected chi connectivity index (χ3v) is 3.24. The molecule has 2 unspecified atom stereocenters. The van der Waals surface area contributed by atoms with Gasteiger partial charge in [-0.1, -0.05) is 27.2 Å². The van der Waals surface area contributed by atoms with Gasteiger partial charge in [0.2, 0.25) is 0 Å². The first-order valence-corrected chi connectivity index (χ1v) is 6.36. The lowest BCUT2D eigenvalue weighted by Crippen LogP contribution is -2.20. The third-order valence-electron chi connectivity index (χ3n) is 3.24. The van der Waals surface area contributed by atoms with Gasteiger partial charge in [0.1, 0.15) is 0 Å². The molecule has 0 amide bonds. The summed E-state index contributed by atoms with van der Waals surface area (Å²) in [4.78, 5) is 4.25. The summed E-state index contributed by atoms with van der Waals surface area (Å²) in [5.41, 5.74) is 3.38. The Kier molecular flexibility index (Phi) is 4.94. The van der Waals surface area contributed by atoms with Crippen molar-refractivity contribution in [2.75, 3.05) is 0 Å². The van der Waals surface area contributed by atoms with Crippen molar-refractivity contribution in [3.63, 3.8) is 0 Å². The fourth-order valence-corrected chi connectivity index (χ4v) is 2.29. The highest BCUT2D eigenvalue weighted by atomic mass is 16.3. The first-order valence-electron chi connectivity index (χ1n) is 6.36. The number of aliphatic hydroxyl groups excluding tert-OH is 1. The van der Waals surface area contributed by atoms with Crippen molar-refractivity contribution in [3.05, 3.63) is 29.1 Å². The third kappa shape index (κ3) is 2.62. The maximum Gasteiger partial charge on any atom is 0.0835 e. The van der Waals surface area contributed by atoms with E-state index in [1.54, 1.807) is 0 Å². The van der Waals surface area contributed by atoms with E-state index in [0.717, 1.165) is 30.5 Å². The highest BCUT2D eigenvalue weighted by Crippen LogP contribution is 2.35. The molecule has 0 bridgehead atoms. The first-order chi connectivity index (χ1) is 7.72. The molecule has 2 heteroatoms. The summed E-state index contributed by atoms with van der Waals surface area (Å²) in [5.74, 6) is 0.423. The van der Waals surface area contributed by atoms with Gasteiger partial charge >= 0.3 is 0 Å². The second kappa shape index (κ2) is 6.00. The number of fused-ring (bicyclic) bond motifs is 1. The Labute approximate surface area is 98.7 Å². The van der Waals surface area contributed by atoms with Gasteiger partial charge in [-0.25, -0.2) is 0 Å². The summed E-state index contributed by atoms with van der Waals surface area (Å²) in [6, 6.07) is 2.10. The van der Waals surface area contributed by atoms with Gasteiger partial charge in [-0.05, 0) is 37.3 Å². The minimum absolute atomic E-state index is 0.295. The van der Waals surface area contributed by atoms with Crippen molar-refractivity contribution < 1.29 is 5.11 Å². The summed E-state index contributed by atoms with van der Waals surface area (Å²) < 4.78 is 0. The van der Waals surface area contributed by atoms with Crippen LogP contribution in [0.5, 0.6) is 0 Å². The Bertz CT molecular complexity index is 336. The van der Waals surface area contributed by atoms with E-state index in [1.807, 2.05) is 27.0 Å². The minimum atomic E-state index is -0.295. The van der Waals surface area contributed by atoms with Crippen LogP contribution in [0.1, 0.15) is 56.5 Å². The van der Waals surface area contributed by atoms with E-state index in [0.29, 0.717) is 5.92 Å². The molecule has 90 valence electrons. The van der Waals surface area contributed by atoms with Crippen LogP contribution in [0.25, 0.3) is 0 Å². The Morgan fingerprint density at radius 2 is 2.12 bits per heavy atom. The average Bonchev–Trinajstić information content (AvgIpc) is 2.32. The second-order valence-electron chi connectivity index (χ2n) is 4.18. The zero-order chi connectivity index (χ0) is 12.1. The molecule has 0 saturated carbocycles. The van der Waals surface area contributed by atoms with Crippen LogP contribution in [0.2, 0.25) is 0 Å². The monoisotopic (exact) mass is 221 g/mol. The van der Waals surface area contributed by atoms with Crippen LogP contribution >= 0.6 is 0 Å². The molecule has 1 aliphatic carbocycles. The topological polar surface area (TPSA) is 33.1 Å². The normalized spacial score (nSPS) is 23.1. The van der Waals surface area contributed by atoms with E-state index in [-0.39, 0.29) is 6.10 Å². The summed E-state index contributed by atoms with van der Waals surface area (Å²) in [7, 11) is 0. The molecule has 0 spiro atoms. The molecular weight excluding hydrogens is 198 g/mol. The molecule has 1 N–H and O–H groups in total. The highest BCUT2D eigenvalue weighted by molar-refractivity contribution is 5.31. The quantitative estimate of drug-likeness (QED) is 0.788. The molecule has 1 aliphatic rings. The van der Waals surface area contributed by atoms with Gasteiger partial charge in [-0.15, -0.1) is 0 Å². The zero-order valence-electron chi connectivity index (χ0n) is 10.8. The van der Waals surface area contributed by atoms with Crippen LogP contribution in [-0.4, -0.2) is 10.1 Å². The van der Waals surface area contributed by atoms with Gasteiger partial charge in [0, 0.05) is 17.5 Å². The van der Waals surface area contributed by atoms with E-state index in [2.05, 4.69) is 18.0 Å². The van der Waals surface area contributed by atoms with E-state index < -0.39 is 0 Å². The Morgan fingerprint density at radius 3 is 2.75 bits per heavy atom. The molecule has 2 rings (SSSR count). The van der Waals surface area contributed by atoms with E-state index in [9.17, 15) is 5.11 Å². The van der Waals surface area contributed by atoms with Gasteiger partial charge in [-0.2, -0.15) is 0 Å². The largest absolute Gasteiger partial charge is 0.388 e. The lowest BCUT2D eigenvalue weighted by molar-refractivity contribution is 0.0910. The number of hydrogen-bond donors (Lipinski definition) is 1. The fraction of sp³-hybridized carbons (Fsp3) is 0.643. The van der Waals surface area contributed by atoms with Crippen molar-refractivity contribution in [2.45, 2.75) is 53.1 Å². The molecule has 2 atom stereocenters. The standard InChI is InChI=1S/C12H17NO.C2H6/c1-3-9-4-5-10-6-8(2)13-7-11(10)12(9)14;1-2/h6-7,9,12,14H,3-5H2,1-2H3;1-2H3. The summed E-state index contributed by atoms with van der Waals surface area (Å²) in [6.07, 6.45) is 4.80. The molecular formula is C14H23NO. The Balaban J connectivity index is 0.000000606. The summed E-state index contributed by atoms with van der Waals surface area (Å²) >= 11 is 0. The van der Waals surface area contributed by atoms with Crippen LogP contribution in [0.3, 0.4) is 0 Å². The molecule has 1 aromatic rings. The van der Waals surface area contributed by atoms with Crippen molar-refractivity contribution in [3.8, 4) is 0 Å². The second-order valence-corrected chi connectivity index (χ2v) is 4.18. The fourth-order valence-electron chi connectivity index (χ4n) is 2.29. The molecule has 1 aromatic heterocycles. The Hall–Kier alpha value is -0.890. The SMILES string of the molecule is CC.CCC1CCc2cc(C)ncc2C1O. The lowest BCUT2D eigenvalue weighted by Gasteiger charge is -2.29. The molecule has 0 aliphatic heterocycles. The van der Waals surface area contributed by atoms with Crippen LogP contribution in [0, 0.1) is 12.8 Å². The van der Waals surface area contributed by atoms with Crippen LogP contribution < -0.4 is 0 Å². The van der Waals surface area contributed by atoms with Crippen molar-refractivity contribution in [2.24, 2.45) is 5.92 Å².